The molecule has 76 valence electrons. The van der Waals surface area contributed by atoms with E-state index in [9.17, 15) is 4.79 Å². The summed E-state index contributed by atoms with van der Waals surface area (Å²) in [6, 6.07) is 0. The number of Topliss-reactive ketones (excluding diaryl/α,β-unsaturated/α-hetero) is 1. The Morgan fingerprint density at radius 2 is 2.07 bits per heavy atom. The Morgan fingerprint density at radius 3 is 2.71 bits per heavy atom. The summed E-state index contributed by atoms with van der Waals surface area (Å²) in [7, 11) is 0. The Morgan fingerprint density at radius 1 is 1.43 bits per heavy atom. The van der Waals surface area contributed by atoms with Gasteiger partial charge in [-0.25, -0.2) is 4.09 Å². The van der Waals surface area contributed by atoms with Gasteiger partial charge in [-0.3, -0.25) is 4.79 Å². The molecule has 1 aromatic heterocycles. The molecule has 0 saturated carbocycles. The Labute approximate surface area is 89.0 Å². The predicted molar refractivity (Wildman–Crippen MR) is 57.8 cm³/mol. The van der Waals surface area contributed by atoms with Crippen molar-refractivity contribution in [2.75, 3.05) is 0 Å². The summed E-state index contributed by atoms with van der Waals surface area (Å²) in [6.45, 7) is 6.07. The van der Waals surface area contributed by atoms with E-state index in [2.05, 4.69) is 31.8 Å². The molecule has 0 radical (unpaired) electrons. The van der Waals surface area contributed by atoms with Crippen LogP contribution in [-0.4, -0.2) is 15.0 Å². The van der Waals surface area contributed by atoms with E-state index in [0.29, 0.717) is 6.42 Å². The van der Waals surface area contributed by atoms with Crippen molar-refractivity contribution in [2.24, 2.45) is 5.41 Å². The van der Waals surface area contributed by atoms with Gasteiger partial charge < -0.3 is 0 Å². The first kappa shape index (κ1) is 9.77. The summed E-state index contributed by atoms with van der Waals surface area (Å²) in [5.41, 5.74) is 2.60. The third kappa shape index (κ3) is 1.38. The number of carbonyl (C=O) groups excluding carboxylic acids is 1. The monoisotopic (exact) mass is 210 g/mol. The van der Waals surface area contributed by atoms with Crippen molar-refractivity contribution in [3.63, 3.8) is 0 Å². The Hall–Kier alpha value is -0.770. The molecule has 0 atom stereocenters. The molecule has 0 spiro atoms. The maximum atomic E-state index is 11.8. The van der Waals surface area contributed by atoms with E-state index in [-0.39, 0.29) is 11.2 Å². The number of thiol groups is 1. The second-order valence-electron chi connectivity index (χ2n) is 4.74. The molecule has 4 heteroatoms. The number of hydrogen-bond acceptors (Lipinski definition) is 3. The number of rotatable bonds is 0. The lowest BCUT2D eigenvalue weighted by Gasteiger charge is -2.28. The van der Waals surface area contributed by atoms with Crippen LogP contribution in [-0.2, 0) is 6.42 Å². The van der Waals surface area contributed by atoms with Gasteiger partial charge in [0.2, 0.25) is 0 Å². The predicted octanol–water partition coefficient (Wildman–Crippen LogP) is 2.04. The van der Waals surface area contributed by atoms with Crippen LogP contribution in [0.1, 0.15) is 42.0 Å². The molecular weight excluding hydrogens is 196 g/mol. The average molecular weight is 210 g/mol. The quantitative estimate of drug-likeness (QED) is 0.665. The Kier molecular flexibility index (Phi) is 2.00. The van der Waals surface area contributed by atoms with E-state index in [4.69, 9.17) is 0 Å². The van der Waals surface area contributed by atoms with Crippen LogP contribution in [0.3, 0.4) is 0 Å². The van der Waals surface area contributed by atoms with E-state index in [0.717, 1.165) is 23.4 Å². The van der Waals surface area contributed by atoms with Crippen LogP contribution in [0.2, 0.25) is 0 Å². The molecule has 14 heavy (non-hydrogen) atoms. The van der Waals surface area contributed by atoms with E-state index < -0.39 is 0 Å². The smallest absolute Gasteiger partial charge is 0.167 e. The van der Waals surface area contributed by atoms with Crippen molar-refractivity contribution in [1.29, 1.82) is 0 Å². The van der Waals surface area contributed by atoms with Gasteiger partial charge in [0.1, 0.15) is 0 Å². The van der Waals surface area contributed by atoms with Gasteiger partial charge in [0.05, 0.1) is 17.0 Å². The molecule has 1 aromatic rings. The molecule has 1 aliphatic carbocycles. The second kappa shape index (κ2) is 2.86. The molecular formula is C10H14N2OS. The third-order valence-corrected chi connectivity index (χ3v) is 3.03. The molecule has 0 fully saturated rings. The average Bonchev–Trinajstić information content (AvgIpc) is 2.24. The lowest BCUT2D eigenvalue weighted by atomic mass is 9.76. The molecule has 1 heterocycles. The number of aryl methyl sites for hydroxylation is 1. The van der Waals surface area contributed by atoms with Gasteiger partial charge >= 0.3 is 0 Å². The van der Waals surface area contributed by atoms with Crippen molar-refractivity contribution in [1.82, 2.24) is 9.19 Å². The summed E-state index contributed by atoms with van der Waals surface area (Å²) in [4.78, 5) is 11.8. The standard InChI is InChI=1S/C10H14N2OS/c1-6-9-7(12(14)11-6)4-10(2,3)5-8(9)13/h14H,4-5H2,1-3H3. The van der Waals surface area contributed by atoms with Crippen molar-refractivity contribution < 1.29 is 4.79 Å². The number of aromatic nitrogens is 2. The SMILES string of the molecule is Cc1nn(S)c2c1C(=O)CC(C)(C)C2. The minimum atomic E-state index is 0.0387. The van der Waals surface area contributed by atoms with Crippen molar-refractivity contribution in [2.45, 2.75) is 33.6 Å². The Bertz CT molecular complexity index is 406. The molecule has 0 N–H and O–H groups in total. The molecule has 0 aromatic carbocycles. The normalized spacial score (nSPS) is 19.6. The zero-order chi connectivity index (χ0) is 10.5. The maximum absolute atomic E-state index is 11.8. The van der Waals surface area contributed by atoms with Crippen LogP contribution in [0.15, 0.2) is 0 Å². The molecule has 0 unspecified atom stereocenters. The first-order chi connectivity index (χ1) is 6.41. The fourth-order valence-corrected chi connectivity index (χ4v) is 2.43. The zero-order valence-electron chi connectivity index (χ0n) is 8.66. The minimum absolute atomic E-state index is 0.0387. The van der Waals surface area contributed by atoms with Crippen LogP contribution in [0, 0.1) is 12.3 Å². The van der Waals surface area contributed by atoms with Gasteiger partial charge in [-0.15, -0.1) is 0 Å². The fraction of sp³-hybridized carbons (Fsp3) is 0.600. The minimum Gasteiger partial charge on any atom is -0.294 e. The summed E-state index contributed by atoms with van der Waals surface area (Å²) < 4.78 is 1.55. The highest BCUT2D eigenvalue weighted by atomic mass is 32.1. The van der Waals surface area contributed by atoms with Crippen LogP contribution in [0.5, 0.6) is 0 Å². The highest BCUT2D eigenvalue weighted by Crippen LogP contribution is 2.35. The number of fused-ring (bicyclic) bond motifs is 1. The molecule has 2 rings (SSSR count). The third-order valence-electron chi connectivity index (χ3n) is 2.70. The molecule has 3 nitrogen and oxygen atoms in total. The first-order valence-electron chi connectivity index (χ1n) is 4.72. The van der Waals surface area contributed by atoms with Gasteiger partial charge in [-0.05, 0) is 31.6 Å². The van der Waals surface area contributed by atoms with Crippen molar-refractivity contribution in [3.05, 3.63) is 17.0 Å². The van der Waals surface area contributed by atoms with Gasteiger partial charge in [0.15, 0.2) is 5.78 Å². The summed E-state index contributed by atoms with van der Waals surface area (Å²) in [5.74, 6) is 0.203. The number of ketones is 1. The van der Waals surface area contributed by atoms with Gasteiger partial charge in [0.25, 0.3) is 0 Å². The highest BCUT2D eigenvalue weighted by Gasteiger charge is 2.34. The molecule has 1 aliphatic rings. The van der Waals surface area contributed by atoms with Crippen molar-refractivity contribution in [3.8, 4) is 0 Å². The van der Waals surface area contributed by atoms with Gasteiger partial charge in [-0.2, -0.15) is 5.10 Å². The van der Waals surface area contributed by atoms with Crippen LogP contribution >= 0.6 is 12.8 Å². The summed E-state index contributed by atoms with van der Waals surface area (Å²) in [5, 5.41) is 4.17. The van der Waals surface area contributed by atoms with E-state index >= 15 is 0 Å². The molecule has 0 aliphatic heterocycles. The first-order valence-corrected chi connectivity index (χ1v) is 5.12. The topological polar surface area (TPSA) is 34.9 Å². The molecule has 0 amide bonds. The zero-order valence-corrected chi connectivity index (χ0v) is 9.56. The van der Waals surface area contributed by atoms with Gasteiger partial charge in [-0.1, -0.05) is 13.8 Å². The lowest BCUT2D eigenvalue weighted by molar-refractivity contribution is 0.0911. The van der Waals surface area contributed by atoms with Crippen molar-refractivity contribution >= 4 is 18.6 Å². The van der Waals surface area contributed by atoms with Gasteiger partial charge in [0, 0.05) is 6.42 Å². The molecule has 0 bridgehead atoms. The molecule has 0 saturated heterocycles. The van der Waals surface area contributed by atoms with E-state index in [1.165, 1.54) is 0 Å². The number of carbonyl (C=O) groups is 1. The maximum Gasteiger partial charge on any atom is 0.167 e. The lowest BCUT2D eigenvalue weighted by Crippen LogP contribution is -2.27. The summed E-state index contributed by atoms with van der Waals surface area (Å²) in [6.07, 6.45) is 1.48. The summed E-state index contributed by atoms with van der Waals surface area (Å²) >= 11 is 4.23. The second-order valence-corrected chi connectivity index (χ2v) is 5.12. The van der Waals surface area contributed by atoms with E-state index in [1.54, 1.807) is 4.09 Å². The number of hydrogen-bond donors (Lipinski definition) is 1. The fourth-order valence-electron chi connectivity index (χ4n) is 2.12. The number of nitrogens with zero attached hydrogens (tertiary/aromatic N) is 2. The van der Waals surface area contributed by atoms with E-state index in [1.807, 2.05) is 6.92 Å². The largest absolute Gasteiger partial charge is 0.294 e. The van der Waals surface area contributed by atoms with Crippen LogP contribution in [0.25, 0.3) is 0 Å². The van der Waals surface area contributed by atoms with Crippen LogP contribution in [0.4, 0.5) is 0 Å². The highest BCUT2D eigenvalue weighted by molar-refractivity contribution is 7.78. The Balaban J connectivity index is 2.58. The van der Waals surface area contributed by atoms with Crippen LogP contribution < -0.4 is 0 Å².